The monoisotopic (exact) mass is 285 g/mol. The Morgan fingerprint density at radius 3 is 2.47 bits per heavy atom. The van der Waals surface area contributed by atoms with Gasteiger partial charge in [0.25, 0.3) is 0 Å². The maximum absolute atomic E-state index is 6.11. The molecule has 1 rings (SSSR count). The molecule has 0 aliphatic heterocycles. The molecule has 0 atom stereocenters. The van der Waals surface area contributed by atoms with E-state index in [0.717, 1.165) is 25.2 Å². The van der Waals surface area contributed by atoms with Crippen molar-refractivity contribution >= 4 is 17.4 Å². The molecule has 19 heavy (non-hydrogen) atoms. The van der Waals surface area contributed by atoms with Crippen molar-refractivity contribution in [3.63, 3.8) is 0 Å². The van der Waals surface area contributed by atoms with Crippen molar-refractivity contribution in [3.05, 3.63) is 11.9 Å². The summed E-state index contributed by atoms with van der Waals surface area (Å²) in [6.07, 6.45) is 2.09. The summed E-state index contributed by atoms with van der Waals surface area (Å²) >= 11 is 6.11. The summed E-state index contributed by atoms with van der Waals surface area (Å²) in [7, 11) is 0. The van der Waals surface area contributed by atoms with Crippen LogP contribution in [-0.2, 0) is 0 Å². The van der Waals surface area contributed by atoms with E-state index >= 15 is 0 Å². The topological polar surface area (TPSA) is 47.0 Å². The average molecular weight is 286 g/mol. The molecule has 0 amide bonds. The minimum absolute atomic E-state index is 0.117. The largest absolute Gasteiger partial charge is 0.478 e. The Bertz CT molecular complexity index is 386. The smallest absolute Gasteiger partial charge is 0.218 e. The number of hydrogen-bond donors (Lipinski definition) is 1. The molecule has 5 heteroatoms. The minimum Gasteiger partial charge on any atom is -0.478 e. The third-order valence-electron chi connectivity index (χ3n) is 3.53. The molecule has 0 bridgehead atoms. The molecule has 4 nitrogen and oxygen atoms in total. The first-order valence-electron chi connectivity index (χ1n) is 6.87. The summed E-state index contributed by atoms with van der Waals surface area (Å²) in [4.78, 5) is 8.61. The fraction of sp³-hybridized carbons (Fsp3) is 0.714. The minimum atomic E-state index is 0.117. The summed E-state index contributed by atoms with van der Waals surface area (Å²) in [6.45, 7) is 9.56. The third-order valence-corrected chi connectivity index (χ3v) is 4.10. The van der Waals surface area contributed by atoms with Gasteiger partial charge in [0.15, 0.2) is 0 Å². The predicted octanol–water partition coefficient (Wildman–Crippen LogP) is 3.64. The molecule has 0 aliphatic carbocycles. The predicted molar refractivity (Wildman–Crippen MR) is 80.2 cm³/mol. The van der Waals surface area contributed by atoms with Crippen LogP contribution in [0.4, 0.5) is 5.82 Å². The SMILES string of the molecule is CCOc1cc(NCC(CC)(CC)CCl)nc(C)n1. The third kappa shape index (κ3) is 4.53. The Balaban J connectivity index is 2.76. The number of rotatable bonds is 8. The van der Waals surface area contributed by atoms with E-state index in [9.17, 15) is 0 Å². The summed E-state index contributed by atoms with van der Waals surface area (Å²) in [5, 5.41) is 3.36. The number of alkyl halides is 1. The van der Waals surface area contributed by atoms with Gasteiger partial charge < -0.3 is 10.1 Å². The molecule has 0 aromatic carbocycles. The Morgan fingerprint density at radius 1 is 1.26 bits per heavy atom. The summed E-state index contributed by atoms with van der Waals surface area (Å²) < 4.78 is 5.42. The van der Waals surface area contributed by atoms with Gasteiger partial charge in [-0.3, -0.25) is 0 Å². The van der Waals surface area contributed by atoms with E-state index in [0.29, 0.717) is 24.2 Å². The van der Waals surface area contributed by atoms with Crippen LogP contribution in [0.15, 0.2) is 6.07 Å². The normalized spacial score (nSPS) is 11.4. The number of hydrogen-bond acceptors (Lipinski definition) is 4. The van der Waals surface area contributed by atoms with Gasteiger partial charge in [0.05, 0.1) is 6.61 Å². The quantitative estimate of drug-likeness (QED) is 0.741. The number of nitrogens with one attached hydrogen (secondary N) is 1. The van der Waals surface area contributed by atoms with E-state index in [2.05, 4.69) is 29.1 Å². The van der Waals surface area contributed by atoms with E-state index in [4.69, 9.17) is 16.3 Å². The van der Waals surface area contributed by atoms with E-state index in [-0.39, 0.29) is 5.41 Å². The zero-order chi connectivity index (χ0) is 14.3. The lowest BCUT2D eigenvalue weighted by Gasteiger charge is -2.29. The van der Waals surface area contributed by atoms with Gasteiger partial charge in [-0.2, -0.15) is 4.98 Å². The second-order valence-corrected chi connectivity index (χ2v) is 5.03. The van der Waals surface area contributed by atoms with Crippen LogP contribution in [0, 0.1) is 12.3 Å². The highest BCUT2D eigenvalue weighted by Gasteiger charge is 2.25. The molecular weight excluding hydrogens is 262 g/mol. The van der Waals surface area contributed by atoms with Gasteiger partial charge in [-0.15, -0.1) is 11.6 Å². The Kier molecular flexibility index (Phi) is 6.35. The van der Waals surface area contributed by atoms with Crippen LogP contribution in [0.1, 0.15) is 39.4 Å². The van der Waals surface area contributed by atoms with Crippen LogP contribution in [0.3, 0.4) is 0 Å². The van der Waals surface area contributed by atoms with Crippen LogP contribution < -0.4 is 10.1 Å². The Hall–Kier alpha value is -1.03. The molecule has 0 fully saturated rings. The molecule has 1 heterocycles. The van der Waals surface area contributed by atoms with Crippen LogP contribution >= 0.6 is 11.6 Å². The highest BCUT2D eigenvalue weighted by atomic mass is 35.5. The van der Waals surface area contributed by atoms with Gasteiger partial charge in [-0.05, 0) is 26.7 Å². The maximum Gasteiger partial charge on any atom is 0.218 e. The van der Waals surface area contributed by atoms with Crippen molar-refractivity contribution in [2.45, 2.75) is 40.5 Å². The standard InChI is InChI=1S/C14H24ClN3O/c1-5-14(6-2,9-15)10-16-12-8-13(19-7-3)18-11(4)17-12/h8H,5-7,9-10H2,1-4H3,(H,16,17,18). The van der Waals surface area contributed by atoms with Crippen molar-refractivity contribution < 1.29 is 4.74 Å². The molecule has 1 N–H and O–H groups in total. The Labute approximate surface area is 120 Å². The van der Waals surface area contributed by atoms with Crippen molar-refractivity contribution in [1.29, 1.82) is 0 Å². The fourth-order valence-electron chi connectivity index (χ4n) is 1.87. The van der Waals surface area contributed by atoms with Gasteiger partial charge in [-0.1, -0.05) is 13.8 Å². The van der Waals surface area contributed by atoms with Gasteiger partial charge >= 0.3 is 0 Å². The molecular formula is C14H24ClN3O. The van der Waals surface area contributed by atoms with Gasteiger partial charge in [0.2, 0.25) is 5.88 Å². The summed E-state index contributed by atoms with van der Waals surface area (Å²) in [5.74, 6) is 2.77. The molecule has 0 spiro atoms. The van der Waals surface area contributed by atoms with Crippen molar-refractivity contribution in [2.75, 3.05) is 24.3 Å². The zero-order valence-corrected chi connectivity index (χ0v) is 13.0. The number of nitrogens with zero attached hydrogens (tertiary/aromatic N) is 2. The molecule has 0 aliphatic rings. The number of aryl methyl sites for hydroxylation is 1. The van der Waals surface area contributed by atoms with Crippen molar-refractivity contribution in [2.24, 2.45) is 5.41 Å². The van der Waals surface area contributed by atoms with Gasteiger partial charge in [0.1, 0.15) is 11.6 Å². The van der Waals surface area contributed by atoms with Crippen LogP contribution in [-0.4, -0.2) is 29.0 Å². The molecule has 1 aromatic heterocycles. The molecule has 0 saturated carbocycles. The second-order valence-electron chi connectivity index (χ2n) is 4.77. The van der Waals surface area contributed by atoms with Crippen molar-refractivity contribution in [1.82, 2.24) is 9.97 Å². The highest BCUT2D eigenvalue weighted by molar-refractivity contribution is 6.18. The lowest BCUT2D eigenvalue weighted by Crippen LogP contribution is -2.30. The first-order valence-corrected chi connectivity index (χ1v) is 7.41. The second kappa shape index (κ2) is 7.53. The summed E-state index contributed by atoms with van der Waals surface area (Å²) in [6, 6.07) is 1.83. The van der Waals surface area contributed by atoms with E-state index in [1.807, 2.05) is 19.9 Å². The van der Waals surface area contributed by atoms with Crippen LogP contribution in [0.2, 0.25) is 0 Å². The number of anilines is 1. The van der Waals surface area contributed by atoms with E-state index < -0.39 is 0 Å². The van der Waals surface area contributed by atoms with Crippen LogP contribution in [0.5, 0.6) is 5.88 Å². The molecule has 108 valence electrons. The van der Waals surface area contributed by atoms with Gasteiger partial charge in [0, 0.05) is 23.9 Å². The molecule has 0 radical (unpaired) electrons. The molecule has 1 aromatic rings. The molecule has 0 unspecified atom stereocenters. The van der Waals surface area contributed by atoms with Crippen molar-refractivity contribution in [3.8, 4) is 5.88 Å². The number of aromatic nitrogens is 2. The van der Waals surface area contributed by atoms with Gasteiger partial charge in [-0.25, -0.2) is 4.98 Å². The maximum atomic E-state index is 6.11. The first-order chi connectivity index (χ1) is 9.09. The van der Waals surface area contributed by atoms with E-state index in [1.54, 1.807) is 0 Å². The highest BCUT2D eigenvalue weighted by Crippen LogP contribution is 2.28. The lowest BCUT2D eigenvalue weighted by molar-refractivity contribution is 0.322. The molecule has 0 saturated heterocycles. The first kappa shape index (κ1) is 16.0. The fourth-order valence-corrected chi connectivity index (χ4v) is 2.34. The lowest BCUT2D eigenvalue weighted by atomic mass is 9.84. The number of halogens is 1. The number of ether oxygens (including phenoxy) is 1. The zero-order valence-electron chi connectivity index (χ0n) is 12.3. The average Bonchev–Trinajstić information content (AvgIpc) is 2.41. The van der Waals surface area contributed by atoms with Crippen LogP contribution in [0.25, 0.3) is 0 Å². The Morgan fingerprint density at radius 2 is 1.95 bits per heavy atom. The summed E-state index contributed by atoms with van der Waals surface area (Å²) in [5.41, 5.74) is 0.117. The van der Waals surface area contributed by atoms with E-state index in [1.165, 1.54) is 0 Å².